The molecule has 1 N–H and O–H groups in total. The number of halogens is 1. The van der Waals surface area contributed by atoms with Crippen LogP contribution in [-0.2, 0) is 11.3 Å². The summed E-state index contributed by atoms with van der Waals surface area (Å²) in [5, 5.41) is 3.32. The van der Waals surface area contributed by atoms with Gasteiger partial charge in [-0.2, -0.15) is 0 Å². The van der Waals surface area contributed by atoms with Crippen molar-refractivity contribution in [2.75, 3.05) is 11.9 Å². The van der Waals surface area contributed by atoms with Gasteiger partial charge >= 0.3 is 0 Å². The van der Waals surface area contributed by atoms with Crippen molar-refractivity contribution in [3.05, 3.63) is 55.4 Å². The van der Waals surface area contributed by atoms with Gasteiger partial charge in [0.05, 0.1) is 16.6 Å². The van der Waals surface area contributed by atoms with E-state index in [0.717, 1.165) is 35.8 Å². The molecule has 1 aliphatic heterocycles. The van der Waals surface area contributed by atoms with Gasteiger partial charge in [-0.15, -0.1) is 11.3 Å². The highest BCUT2D eigenvalue weighted by Gasteiger charge is 2.25. The lowest BCUT2D eigenvalue weighted by Gasteiger charge is -2.33. The number of thiophene rings is 1. The summed E-state index contributed by atoms with van der Waals surface area (Å²) in [6.07, 6.45) is 4.50. The third-order valence-corrected chi connectivity index (χ3v) is 7.68. The van der Waals surface area contributed by atoms with Crippen LogP contribution >= 0.6 is 27.3 Å². The molecule has 1 atom stereocenters. The zero-order chi connectivity index (χ0) is 23.0. The van der Waals surface area contributed by atoms with Crippen molar-refractivity contribution in [2.24, 2.45) is 0 Å². The van der Waals surface area contributed by atoms with E-state index in [1.54, 1.807) is 6.92 Å². The predicted molar refractivity (Wildman–Crippen MR) is 130 cm³/mol. The van der Waals surface area contributed by atoms with Gasteiger partial charge in [0.2, 0.25) is 5.91 Å². The molecule has 1 unspecified atom stereocenters. The van der Waals surface area contributed by atoms with Crippen LogP contribution in [0.4, 0.5) is 5.69 Å². The van der Waals surface area contributed by atoms with Crippen LogP contribution in [-0.4, -0.2) is 38.9 Å². The largest absolute Gasteiger partial charge is 0.338 e. The Hall–Kier alpha value is -2.52. The second kappa shape index (κ2) is 9.15. The molecule has 3 heterocycles. The Morgan fingerprint density at radius 1 is 1.28 bits per heavy atom. The molecule has 9 heteroatoms. The van der Waals surface area contributed by atoms with Crippen molar-refractivity contribution in [1.29, 1.82) is 0 Å². The van der Waals surface area contributed by atoms with Crippen LogP contribution in [0.15, 0.2) is 33.8 Å². The Morgan fingerprint density at radius 3 is 2.78 bits per heavy atom. The summed E-state index contributed by atoms with van der Waals surface area (Å²) in [5.41, 5.74) is 1.93. The maximum absolute atomic E-state index is 13.2. The Kier molecular flexibility index (Phi) is 6.48. The molecule has 7 nitrogen and oxygen atoms in total. The number of aryl methyl sites for hydroxylation is 2. The molecular formula is C23H25BrN4O3S. The van der Waals surface area contributed by atoms with Gasteiger partial charge in [0.15, 0.2) is 0 Å². The highest BCUT2D eigenvalue weighted by molar-refractivity contribution is 9.10. The van der Waals surface area contributed by atoms with Crippen molar-refractivity contribution >= 4 is 55.0 Å². The minimum atomic E-state index is -0.291. The van der Waals surface area contributed by atoms with Crippen LogP contribution in [0, 0.1) is 13.8 Å². The number of anilines is 1. The van der Waals surface area contributed by atoms with E-state index in [-0.39, 0.29) is 30.0 Å². The molecule has 1 fully saturated rings. The van der Waals surface area contributed by atoms with Gasteiger partial charge in [-0.3, -0.25) is 19.0 Å². The average Bonchev–Trinajstić information content (AvgIpc) is 3.09. The molecule has 0 saturated carbocycles. The number of hydrogen-bond donors (Lipinski definition) is 1. The van der Waals surface area contributed by atoms with Crippen molar-refractivity contribution in [3.63, 3.8) is 0 Å². The number of aromatic nitrogens is 2. The molecule has 1 aromatic carbocycles. The molecule has 1 aliphatic rings. The van der Waals surface area contributed by atoms with Crippen LogP contribution in [0.2, 0.25) is 0 Å². The quantitative estimate of drug-likeness (QED) is 0.553. The molecular weight excluding hydrogens is 492 g/mol. The van der Waals surface area contributed by atoms with E-state index in [9.17, 15) is 14.4 Å². The number of piperidine rings is 1. The van der Waals surface area contributed by atoms with E-state index >= 15 is 0 Å². The summed E-state index contributed by atoms with van der Waals surface area (Å²) in [6, 6.07) is 5.80. The number of benzene rings is 1. The maximum atomic E-state index is 13.2. The summed E-state index contributed by atoms with van der Waals surface area (Å²) in [7, 11) is 0. The van der Waals surface area contributed by atoms with Gasteiger partial charge in [0.1, 0.15) is 11.4 Å². The number of rotatable bonds is 4. The van der Waals surface area contributed by atoms with Crippen molar-refractivity contribution in [2.45, 2.75) is 52.6 Å². The second-order valence-corrected chi connectivity index (χ2v) is 10.2. The fraction of sp³-hybridized carbons (Fsp3) is 0.391. The van der Waals surface area contributed by atoms with Crippen molar-refractivity contribution < 1.29 is 9.59 Å². The topological polar surface area (TPSA) is 84.3 Å². The number of carbonyl (C=O) groups excluding carboxylic acids is 2. The second-order valence-electron chi connectivity index (χ2n) is 8.26. The standard InChI is InChI=1S/C23H25BrN4O3S/c1-13-10-16(24)7-8-17(13)26-21(30)20-15(3)19-22(32-20)25-12-27(23(19)31)11-18(29)28-9-5-4-6-14(28)2/h7-8,10,12,14H,4-6,9,11H2,1-3H3,(H,26,30). The molecule has 32 heavy (non-hydrogen) atoms. The third kappa shape index (κ3) is 4.36. The van der Waals surface area contributed by atoms with Gasteiger partial charge in [0.25, 0.3) is 11.5 Å². The zero-order valence-electron chi connectivity index (χ0n) is 18.3. The molecule has 0 aliphatic carbocycles. The fourth-order valence-electron chi connectivity index (χ4n) is 4.14. The lowest BCUT2D eigenvalue weighted by Crippen LogP contribution is -2.44. The molecule has 1 saturated heterocycles. The third-order valence-electron chi connectivity index (χ3n) is 5.99. The van der Waals surface area contributed by atoms with E-state index < -0.39 is 0 Å². The van der Waals surface area contributed by atoms with Gasteiger partial charge in [-0.1, -0.05) is 15.9 Å². The highest BCUT2D eigenvalue weighted by atomic mass is 79.9. The number of nitrogens with one attached hydrogen (secondary N) is 1. The monoisotopic (exact) mass is 516 g/mol. The molecule has 168 valence electrons. The smallest absolute Gasteiger partial charge is 0.266 e. The lowest BCUT2D eigenvalue weighted by atomic mass is 10.0. The summed E-state index contributed by atoms with van der Waals surface area (Å²) in [4.78, 5) is 46.1. The molecule has 2 aromatic heterocycles. The number of likely N-dealkylation sites (tertiary alicyclic amines) is 1. The molecule has 0 bridgehead atoms. The highest BCUT2D eigenvalue weighted by Crippen LogP contribution is 2.28. The number of hydrogen-bond acceptors (Lipinski definition) is 5. The van der Waals surface area contributed by atoms with Crippen molar-refractivity contribution in [1.82, 2.24) is 14.5 Å². The first-order valence-corrected chi connectivity index (χ1v) is 12.2. The Labute approximate surface area is 198 Å². The Morgan fingerprint density at radius 2 is 2.06 bits per heavy atom. The first-order chi connectivity index (χ1) is 15.3. The minimum absolute atomic E-state index is 0.0407. The van der Waals surface area contributed by atoms with Crippen molar-refractivity contribution in [3.8, 4) is 0 Å². The number of carbonyl (C=O) groups is 2. The molecule has 0 spiro atoms. The lowest BCUT2D eigenvalue weighted by molar-refractivity contribution is -0.135. The van der Waals surface area contributed by atoms with Gasteiger partial charge < -0.3 is 10.2 Å². The van der Waals surface area contributed by atoms with E-state index in [2.05, 4.69) is 26.2 Å². The molecule has 3 aromatic rings. The molecule has 0 radical (unpaired) electrons. The number of nitrogens with zero attached hydrogens (tertiary/aromatic N) is 3. The Balaban J connectivity index is 1.61. The maximum Gasteiger partial charge on any atom is 0.266 e. The zero-order valence-corrected chi connectivity index (χ0v) is 20.7. The first-order valence-electron chi connectivity index (χ1n) is 10.6. The van der Waals surface area contributed by atoms with Crippen LogP contribution < -0.4 is 10.9 Å². The number of fused-ring (bicyclic) bond motifs is 1. The summed E-state index contributed by atoms with van der Waals surface area (Å²) < 4.78 is 2.29. The van der Waals surface area contributed by atoms with Gasteiger partial charge in [0, 0.05) is 22.7 Å². The van der Waals surface area contributed by atoms with Gasteiger partial charge in [-0.05, 0) is 69.4 Å². The minimum Gasteiger partial charge on any atom is -0.338 e. The summed E-state index contributed by atoms with van der Waals surface area (Å²) in [5.74, 6) is -0.350. The summed E-state index contributed by atoms with van der Waals surface area (Å²) >= 11 is 4.61. The molecule has 4 rings (SSSR count). The van der Waals surface area contributed by atoms with Gasteiger partial charge in [-0.25, -0.2) is 4.98 Å². The molecule has 2 amide bonds. The van der Waals surface area contributed by atoms with Crippen LogP contribution in [0.3, 0.4) is 0 Å². The fourth-order valence-corrected chi connectivity index (χ4v) is 5.65. The van der Waals surface area contributed by atoms with Crippen LogP contribution in [0.1, 0.15) is 47.0 Å². The normalized spacial score (nSPS) is 16.4. The Bertz CT molecular complexity index is 1270. The van der Waals surface area contributed by atoms with E-state index in [0.29, 0.717) is 26.3 Å². The average molecular weight is 517 g/mol. The SMILES string of the molecule is Cc1cc(Br)ccc1NC(=O)c1sc2ncn(CC(=O)N3CCCCC3C)c(=O)c2c1C. The number of amides is 2. The van der Waals surface area contributed by atoms with E-state index in [1.165, 1.54) is 22.2 Å². The predicted octanol–water partition coefficient (Wildman–Crippen LogP) is 4.49. The van der Waals surface area contributed by atoms with Crippen LogP contribution in [0.5, 0.6) is 0 Å². The van der Waals surface area contributed by atoms with E-state index in [1.807, 2.05) is 36.9 Å². The van der Waals surface area contributed by atoms with Crippen LogP contribution in [0.25, 0.3) is 10.2 Å². The summed E-state index contributed by atoms with van der Waals surface area (Å²) in [6.45, 7) is 6.40. The first kappa shape index (κ1) is 22.7. The van der Waals surface area contributed by atoms with E-state index in [4.69, 9.17) is 0 Å².